The molecule has 4 amide bonds. The number of carbonyl (C=O) groups is 4. The van der Waals surface area contributed by atoms with Gasteiger partial charge in [-0.05, 0) is 24.6 Å². The van der Waals surface area contributed by atoms with E-state index in [0.29, 0.717) is 0 Å². The number of imide groups is 2. The standard InChI is InChI=1S/C16H16F2N4O4/c17-16(18,6-19)7-20-8-1-2-9-10(5-8)15(26)22(14(9)25)11-3-4-12(23)21-13(11)24/h1-2,5,11,20H,3-4,6-7,19H2,(H,21,23,24). The largest absolute Gasteiger partial charge is 0.379 e. The Bertz CT molecular complexity index is 811. The molecule has 0 saturated carbocycles. The number of rotatable bonds is 5. The Labute approximate surface area is 146 Å². The minimum Gasteiger partial charge on any atom is -0.379 e. The highest BCUT2D eigenvalue weighted by molar-refractivity contribution is 6.23. The third-order valence-electron chi connectivity index (χ3n) is 4.29. The van der Waals surface area contributed by atoms with E-state index in [1.54, 1.807) is 0 Å². The molecule has 8 nitrogen and oxygen atoms in total. The fraction of sp³-hybridized carbons (Fsp3) is 0.375. The highest BCUT2D eigenvalue weighted by Gasteiger charge is 2.44. The fourth-order valence-corrected chi connectivity index (χ4v) is 2.88. The zero-order valence-electron chi connectivity index (χ0n) is 13.6. The monoisotopic (exact) mass is 366 g/mol. The van der Waals surface area contributed by atoms with E-state index in [1.807, 2.05) is 0 Å². The lowest BCUT2D eigenvalue weighted by molar-refractivity contribution is -0.136. The van der Waals surface area contributed by atoms with E-state index < -0.39 is 48.7 Å². The first-order valence-corrected chi connectivity index (χ1v) is 7.91. The molecule has 0 bridgehead atoms. The van der Waals surface area contributed by atoms with Gasteiger partial charge in [-0.15, -0.1) is 0 Å². The van der Waals surface area contributed by atoms with Crippen LogP contribution in [0.25, 0.3) is 0 Å². The second kappa shape index (κ2) is 6.45. The van der Waals surface area contributed by atoms with Crippen molar-refractivity contribution in [1.29, 1.82) is 0 Å². The van der Waals surface area contributed by atoms with Crippen LogP contribution in [0.3, 0.4) is 0 Å². The van der Waals surface area contributed by atoms with Crippen molar-refractivity contribution in [2.24, 2.45) is 5.73 Å². The van der Waals surface area contributed by atoms with Crippen LogP contribution in [0.1, 0.15) is 33.6 Å². The molecule has 2 heterocycles. The van der Waals surface area contributed by atoms with Crippen LogP contribution < -0.4 is 16.4 Å². The predicted octanol–water partition coefficient (Wildman–Crippen LogP) is 0.0937. The van der Waals surface area contributed by atoms with Crippen LogP contribution in [0, 0.1) is 0 Å². The summed E-state index contributed by atoms with van der Waals surface area (Å²) in [6, 6.07) is 2.95. The number of anilines is 1. The van der Waals surface area contributed by atoms with E-state index in [9.17, 15) is 28.0 Å². The van der Waals surface area contributed by atoms with E-state index >= 15 is 0 Å². The summed E-state index contributed by atoms with van der Waals surface area (Å²) in [5.41, 5.74) is 5.29. The summed E-state index contributed by atoms with van der Waals surface area (Å²) in [6.45, 7) is -1.55. The summed E-state index contributed by atoms with van der Waals surface area (Å²) in [4.78, 5) is 49.1. The van der Waals surface area contributed by atoms with Crippen LogP contribution in [-0.2, 0) is 9.59 Å². The minimum atomic E-state index is -3.11. The molecule has 1 unspecified atom stereocenters. The molecule has 0 aromatic heterocycles. The van der Waals surface area contributed by atoms with Crippen LogP contribution in [0.15, 0.2) is 18.2 Å². The molecule has 1 fully saturated rings. The molecule has 1 aromatic rings. The van der Waals surface area contributed by atoms with Crippen molar-refractivity contribution >= 4 is 29.3 Å². The highest BCUT2D eigenvalue weighted by atomic mass is 19.3. The molecular formula is C16H16F2N4O4. The Morgan fingerprint density at radius 2 is 1.88 bits per heavy atom. The van der Waals surface area contributed by atoms with Crippen LogP contribution in [0.2, 0.25) is 0 Å². The first-order valence-electron chi connectivity index (χ1n) is 7.91. The molecule has 4 N–H and O–H groups in total. The van der Waals surface area contributed by atoms with Crippen molar-refractivity contribution in [3.8, 4) is 0 Å². The van der Waals surface area contributed by atoms with Gasteiger partial charge >= 0.3 is 0 Å². The first-order chi connectivity index (χ1) is 12.2. The summed E-state index contributed by atoms with van der Waals surface area (Å²) >= 11 is 0. The van der Waals surface area contributed by atoms with Gasteiger partial charge in [-0.25, -0.2) is 8.78 Å². The summed E-state index contributed by atoms with van der Waals surface area (Å²) < 4.78 is 26.5. The van der Waals surface area contributed by atoms with Crippen molar-refractivity contribution < 1.29 is 28.0 Å². The van der Waals surface area contributed by atoms with Gasteiger partial charge < -0.3 is 11.1 Å². The number of amides is 4. The van der Waals surface area contributed by atoms with Crippen LogP contribution in [0.5, 0.6) is 0 Å². The molecule has 26 heavy (non-hydrogen) atoms. The second-order valence-electron chi connectivity index (χ2n) is 6.12. The number of alkyl halides is 2. The van der Waals surface area contributed by atoms with E-state index in [2.05, 4.69) is 10.6 Å². The van der Waals surface area contributed by atoms with Gasteiger partial charge in [0.25, 0.3) is 17.7 Å². The average Bonchev–Trinajstić information content (AvgIpc) is 2.84. The van der Waals surface area contributed by atoms with E-state index in [-0.39, 0.29) is 29.7 Å². The van der Waals surface area contributed by atoms with Gasteiger partial charge in [-0.3, -0.25) is 29.4 Å². The normalized spacial score (nSPS) is 20.3. The zero-order chi connectivity index (χ0) is 19.1. The lowest BCUT2D eigenvalue weighted by atomic mass is 10.0. The Balaban J connectivity index is 1.82. The van der Waals surface area contributed by atoms with E-state index in [1.165, 1.54) is 18.2 Å². The maximum atomic E-state index is 13.2. The number of nitrogens with two attached hydrogens (primary N) is 1. The minimum absolute atomic E-state index is 0.0146. The van der Waals surface area contributed by atoms with Gasteiger partial charge in [-0.2, -0.15) is 0 Å². The van der Waals surface area contributed by atoms with Crippen molar-refractivity contribution in [1.82, 2.24) is 10.2 Å². The number of fused-ring (bicyclic) bond motifs is 1. The second-order valence-corrected chi connectivity index (χ2v) is 6.12. The quantitative estimate of drug-likeness (QED) is 0.635. The highest BCUT2D eigenvalue weighted by Crippen LogP contribution is 2.29. The molecular weight excluding hydrogens is 350 g/mol. The molecule has 2 aliphatic rings. The van der Waals surface area contributed by atoms with Crippen LogP contribution >= 0.6 is 0 Å². The number of halogens is 2. The van der Waals surface area contributed by atoms with Gasteiger partial charge in [0, 0.05) is 12.1 Å². The van der Waals surface area contributed by atoms with Crippen molar-refractivity contribution in [2.75, 3.05) is 18.4 Å². The molecule has 1 atom stereocenters. The van der Waals surface area contributed by atoms with Gasteiger partial charge in [0.2, 0.25) is 11.8 Å². The van der Waals surface area contributed by atoms with E-state index in [0.717, 1.165) is 4.90 Å². The van der Waals surface area contributed by atoms with Gasteiger partial charge in [0.1, 0.15) is 6.04 Å². The molecule has 10 heteroatoms. The predicted molar refractivity (Wildman–Crippen MR) is 85.6 cm³/mol. The van der Waals surface area contributed by atoms with Gasteiger partial charge in [0.05, 0.1) is 24.2 Å². The summed E-state index contributed by atoms with van der Waals surface area (Å²) in [5.74, 6) is -5.64. The number of benzene rings is 1. The van der Waals surface area contributed by atoms with E-state index in [4.69, 9.17) is 5.73 Å². The summed E-state index contributed by atoms with van der Waals surface area (Å²) in [7, 11) is 0. The molecule has 3 rings (SSSR count). The third kappa shape index (κ3) is 3.15. The molecule has 0 spiro atoms. The number of carbonyl (C=O) groups excluding carboxylic acids is 4. The average molecular weight is 366 g/mol. The molecule has 138 valence electrons. The molecule has 0 radical (unpaired) electrons. The van der Waals surface area contributed by atoms with Crippen LogP contribution in [0.4, 0.5) is 14.5 Å². The molecule has 1 saturated heterocycles. The molecule has 0 aliphatic carbocycles. The Kier molecular flexibility index (Phi) is 4.45. The number of piperidine rings is 1. The maximum Gasteiger partial charge on any atom is 0.276 e. The first kappa shape index (κ1) is 17.9. The number of hydrogen-bond acceptors (Lipinski definition) is 6. The number of hydrogen-bond donors (Lipinski definition) is 3. The third-order valence-corrected chi connectivity index (χ3v) is 4.29. The topological polar surface area (TPSA) is 122 Å². The molecule has 1 aromatic carbocycles. The lowest BCUT2D eigenvalue weighted by Crippen LogP contribution is -2.54. The number of nitrogens with one attached hydrogen (secondary N) is 2. The van der Waals surface area contributed by atoms with Crippen molar-refractivity contribution in [3.63, 3.8) is 0 Å². The lowest BCUT2D eigenvalue weighted by Gasteiger charge is -2.27. The Morgan fingerprint density at radius 1 is 1.19 bits per heavy atom. The summed E-state index contributed by atoms with van der Waals surface area (Å²) in [5, 5.41) is 4.57. The zero-order valence-corrected chi connectivity index (χ0v) is 13.6. The van der Waals surface area contributed by atoms with Crippen molar-refractivity contribution in [2.45, 2.75) is 24.8 Å². The maximum absolute atomic E-state index is 13.2. The van der Waals surface area contributed by atoms with Crippen LogP contribution in [-0.4, -0.2) is 53.6 Å². The SMILES string of the molecule is NCC(F)(F)CNc1ccc2c(c1)C(=O)N(C1CCC(=O)NC1=O)C2=O. The fourth-order valence-electron chi connectivity index (χ4n) is 2.88. The number of nitrogens with zero attached hydrogens (tertiary/aromatic N) is 1. The molecule has 2 aliphatic heterocycles. The van der Waals surface area contributed by atoms with Crippen molar-refractivity contribution in [3.05, 3.63) is 29.3 Å². The van der Waals surface area contributed by atoms with Gasteiger partial charge in [-0.1, -0.05) is 0 Å². The Hall–Kier alpha value is -2.88. The smallest absolute Gasteiger partial charge is 0.276 e. The Morgan fingerprint density at radius 3 is 2.54 bits per heavy atom. The van der Waals surface area contributed by atoms with Gasteiger partial charge in [0.15, 0.2) is 0 Å². The summed E-state index contributed by atoms with van der Waals surface area (Å²) in [6.07, 6.45) is 0.0642.